The fourth-order valence-corrected chi connectivity index (χ4v) is 2.23. The highest BCUT2D eigenvalue weighted by Crippen LogP contribution is 2.21. The van der Waals surface area contributed by atoms with Crippen molar-refractivity contribution in [1.82, 2.24) is 14.7 Å². The van der Waals surface area contributed by atoms with Gasteiger partial charge in [0.1, 0.15) is 6.54 Å². The molecule has 3 rings (SSSR count). The zero-order chi connectivity index (χ0) is 17.8. The van der Waals surface area contributed by atoms with Gasteiger partial charge in [-0.1, -0.05) is 25.1 Å². The van der Waals surface area contributed by atoms with Crippen LogP contribution >= 0.6 is 0 Å². The van der Waals surface area contributed by atoms with Crippen molar-refractivity contribution in [2.75, 3.05) is 5.32 Å². The Balaban J connectivity index is 1.67. The molecule has 25 heavy (non-hydrogen) atoms. The summed E-state index contributed by atoms with van der Waals surface area (Å²) in [5, 5.41) is 6.68. The van der Waals surface area contributed by atoms with Gasteiger partial charge in [-0.05, 0) is 30.3 Å². The fraction of sp³-hybridized carbons (Fsp3) is 0.222. The van der Waals surface area contributed by atoms with E-state index in [1.807, 2.05) is 13.8 Å². The van der Waals surface area contributed by atoms with Crippen molar-refractivity contribution in [3.63, 3.8) is 0 Å². The highest BCUT2D eigenvalue weighted by molar-refractivity contribution is 5.90. The van der Waals surface area contributed by atoms with E-state index >= 15 is 0 Å². The molecule has 1 amide bonds. The second kappa shape index (κ2) is 7.12. The van der Waals surface area contributed by atoms with Crippen molar-refractivity contribution >= 4 is 11.6 Å². The Labute approximate surface area is 144 Å². The number of carbonyl (C=O) groups is 1. The van der Waals surface area contributed by atoms with E-state index in [0.29, 0.717) is 17.4 Å². The molecule has 0 saturated carbocycles. The second-order valence-electron chi connectivity index (χ2n) is 5.90. The third-order valence-corrected chi connectivity index (χ3v) is 3.59. The van der Waals surface area contributed by atoms with Crippen molar-refractivity contribution < 1.29 is 9.32 Å². The lowest BCUT2D eigenvalue weighted by molar-refractivity contribution is -0.116. The summed E-state index contributed by atoms with van der Waals surface area (Å²) in [6.07, 6.45) is 1.58. The van der Waals surface area contributed by atoms with Gasteiger partial charge in [-0.2, -0.15) is 4.98 Å². The molecule has 0 spiro atoms. The number of amides is 1. The number of carbonyl (C=O) groups excluding carboxylic acids is 1. The molecule has 0 unspecified atom stereocenters. The van der Waals surface area contributed by atoms with E-state index in [9.17, 15) is 9.59 Å². The van der Waals surface area contributed by atoms with Crippen molar-refractivity contribution in [1.29, 1.82) is 0 Å². The zero-order valence-electron chi connectivity index (χ0n) is 14.0. The molecule has 0 radical (unpaired) electrons. The van der Waals surface area contributed by atoms with Gasteiger partial charge in [0.2, 0.25) is 5.91 Å². The Morgan fingerprint density at radius 1 is 1.20 bits per heavy atom. The molecular formula is C18H18N4O3. The monoisotopic (exact) mass is 338 g/mol. The van der Waals surface area contributed by atoms with Gasteiger partial charge in [0, 0.05) is 29.4 Å². The third kappa shape index (κ3) is 4.00. The highest BCUT2D eigenvalue weighted by atomic mass is 16.5. The fourth-order valence-electron chi connectivity index (χ4n) is 2.23. The summed E-state index contributed by atoms with van der Waals surface area (Å²) in [5.74, 6) is 1.01. The van der Waals surface area contributed by atoms with E-state index in [1.54, 1.807) is 42.6 Å². The molecule has 7 heteroatoms. The maximum Gasteiger partial charge on any atom is 0.257 e. The Morgan fingerprint density at radius 3 is 2.60 bits per heavy atom. The van der Waals surface area contributed by atoms with Crippen LogP contribution in [-0.2, 0) is 11.3 Å². The summed E-state index contributed by atoms with van der Waals surface area (Å²) in [6, 6.07) is 11.8. The molecule has 0 aliphatic rings. The number of anilines is 1. The summed E-state index contributed by atoms with van der Waals surface area (Å²) in [7, 11) is 0. The Bertz CT molecular complexity index is 926. The van der Waals surface area contributed by atoms with E-state index < -0.39 is 0 Å². The molecule has 1 N–H and O–H groups in total. The lowest BCUT2D eigenvalue weighted by Gasteiger charge is -2.07. The average Bonchev–Trinajstić information content (AvgIpc) is 3.08. The number of benzene rings is 1. The van der Waals surface area contributed by atoms with Crippen LogP contribution in [0.5, 0.6) is 0 Å². The van der Waals surface area contributed by atoms with Crippen LogP contribution in [-0.4, -0.2) is 20.6 Å². The molecule has 2 heterocycles. The normalized spacial score (nSPS) is 10.8. The Morgan fingerprint density at radius 2 is 1.96 bits per heavy atom. The molecule has 1 aromatic carbocycles. The summed E-state index contributed by atoms with van der Waals surface area (Å²) >= 11 is 0. The number of rotatable bonds is 5. The first-order valence-corrected chi connectivity index (χ1v) is 7.92. The van der Waals surface area contributed by atoms with E-state index in [4.69, 9.17) is 4.52 Å². The molecule has 7 nitrogen and oxygen atoms in total. The number of nitrogens with one attached hydrogen (secondary N) is 1. The summed E-state index contributed by atoms with van der Waals surface area (Å²) in [6.45, 7) is 3.94. The van der Waals surface area contributed by atoms with Crippen molar-refractivity contribution in [3.05, 3.63) is 64.8 Å². The molecule has 0 aliphatic carbocycles. The maximum absolute atomic E-state index is 12.1. The first-order valence-electron chi connectivity index (χ1n) is 7.92. The quantitative estimate of drug-likeness (QED) is 0.772. The van der Waals surface area contributed by atoms with Crippen LogP contribution in [0.15, 0.2) is 58.0 Å². The van der Waals surface area contributed by atoms with Gasteiger partial charge in [-0.3, -0.25) is 9.59 Å². The Hall–Kier alpha value is -3.22. The van der Waals surface area contributed by atoms with Gasteiger partial charge in [-0.15, -0.1) is 0 Å². The number of hydrogen-bond donors (Lipinski definition) is 1. The minimum atomic E-state index is -0.277. The lowest BCUT2D eigenvalue weighted by Crippen LogP contribution is -2.26. The second-order valence-corrected chi connectivity index (χ2v) is 5.90. The highest BCUT2D eigenvalue weighted by Gasteiger charge is 2.11. The molecule has 128 valence electrons. The smallest absolute Gasteiger partial charge is 0.257 e. The number of pyridine rings is 1. The summed E-state index contributed by atoms with van der Waals surface area (Å²) < 4.78 is 6.58. The Kier molecular flexibility index (Phi) is 4.74. The predicted molar refractivity (Wildman–Crippen MR) is 93.2 cm³/mol. The SMILES string of the molecule is CC(C)c1noc(-c2ccc(NC(=O)Cn3ccccc3=O)cc2)n1. The lowest BCUT2D eigenvalue weighted by atomic mass is 10.2. The van der Waals surface area contributed by atoms with E-state index in [2.05, 4.69) is 15.5 Å². The van der Waals surface area contributed by atoms with Gasteiger partial charge < -0.3 is 14.4 Å². The average molecular weight is 338 g/mol. The number of hydrogen-bond acceptors (Lipinski definition) is 5. The van der Waals surface area contributed by atoms with Gasteiger partial charge in [0.05, 0.1) is 0 Å². The van der Waals surface area contributed by atoms with E-state index in [1.165, 1.54) is 10.6 Å². The first kappa shape index (κ1) is 16.6. The van der Waals surface area contributed by atoms with Crippen molar-refractivity contribution in [3.8, 4) is 11.5 Å². The van der Waals surface area contributed by atoms with Crippen molar-refractivity contribution in [2.45, 2.75) is 26.3 Å². The minimum absolute atomic E-state index is 0.0389. The topological polar surface area (TPSA) is 90.0 Å². The van der Waals surface area contributed by atoms with E-state index in [0.717, 1.165) is 5.56 Å². The van der Waals surface area contributed by atoms with Crippen LogP contribution in [0.4, 0.5) is 5.69 Å². The minimum Gasteiger partial charge on any atom is -0.334 e. The van der Waals surface area contributed by atoms with Crippen LogP contribution in [0.25, 0.3) is 11.5 Å². The largest absolute Gasteiger partial charge is 0.334 e. The predicted octanol–water partition coefficient (Wildman–Crippen LogP) is 2.66. The zero-order valence-corrected chi connectivity index (χ0v) is 14.0. The summed E-state index contributed by atoms with van der Waals surface area (Å²) in [5.41, 5.74) is 1.18. The van der Waals surface area contributed by atoms with Gasteiger partial charge >= 0.3 is 0 Å². The van der Waals surface area contributed by atoms with Gasteiger partial charge in [-0.25, -0.2) is 0 Å². The molecule has 0 atom stereocenters. The van der Waals surface area contributed by atoms with Gasteiger partial charge in [0.25, 0.3) is 11.4 Å². The molecule has 0 bridgehead atoms. The van der Waals surface area contributed by atoms with Crippen LogP contribution in [0.2, 0.25) is 0 Å². The van der Waals surface area contributed by atoms with E-state index in [-0.39, 0.29) is 23.9 Å². The molecule has 0 fully saturated rings. The number of aromatic nitrogens is 3. The molecule has 0 saturated heterocycles. The molecule has 0 aliphatic heterocycles. The first-order chi connectivity index (χ1) is 12.0. The van der Waals surface area contributed by atoms with Crippen LogP contribution in [0, 0.1) is 0 Å². The third-order valence-electron chi connectivity index (χ3n) is 3.59. The molecule has 2 aromatic heterocycles. The molecular weight excluding hydrogens is 320 g/mol. The van der Waals surface area contributed by atoms with Crippen molar-refractivity contribution in [2.24, 2.45) is 0 Å². The summed E-state index contributed by atoms with van der Waals surface area (Å²) in [4.78, 5) is 28.0. The standard InChI is InChI=1S/C18H18N4O3/c1-12(2)17-20-18(25-21-17)13-6-8-14(9-7-13)19-15(23)11-22-10-4-3-5-16(22)24/h3-10,12H,11H2,1-2H3,(H,19,23). The van der Waals surface area contributed by atoms with Crippen LogP contribution < -0.4 is 10.9 Å². The maximum atomic E-state index is 12.1. The molecule has 3 aromatic rings. The van der Waals surface area contributed by atoms with Crippen LogP contribution in [0.3, 0.4) is 0 Å². The number of nitrogens with zero attached hydrogens (tertiary/aromatic N) is 3. The van der Waals surface area contributed by atoms with Gasteiger partial charge in [0.15, 0.2) is 5.82 Å². The van der Waals surface area contributed by atoms with Crippen LogP contribution in [0.1, 0.15) is 25.6 Å².